The van der Waals surface area contributed by atoms with Crippen molar-refractivity contribution < 1.29 is 19.7 Å². The van der Waals surface area contributed by atoms with Crippen LogP contribution < -0.4 is 16.2 Å². The average molecular weight is 302 g/mol. The SMILES string of the molecule is CC(O)CC(=O)O.Nc1ccc(Oc2cc3ccc2=3)c(N)c1. The molecule has 6 nitrogen and oxygen atoms in total. The minimum atomic E-state index is -0.963. The van der Waals surface area contributed by atoms with Gasteiger partial charge in [-0.2, -0.15) is 0 Å². The van der Waals surface area contributed by atoms with Crippen molar-refractivity contribution in [3.05, 3.63) is 46.8 Å². The molecule has 0 saturated heterocycles. The predicted molar refractivity (Wildman–Crippen MR) is 83.4 cm³/mol. The molecule has 0 fully saturated rings. The van der Waals surface area contributed by atoms with E-state index in [2.05, 4.69) is 6.07 Å². The van der Waals surface area contributed by atoms with Gasteiger partial charge >= 0.3 is 5.97 Å². The van der Waals surface area contributed by atoms with Gasteiger partial charge in [0.2, 0.25) is 0 Å². The molecule has 0 aromatic heterocycles. The maximum absolute atomic E-state index is 9.65. The van der Waals surface area contributed by atoms with Gasteiger partial charge < -0.3 is 26.4 Å². The molecular weight excluding hydrogens is 284 g/mol. The maximum atomic E-state index is 9.65. The second-order valence-corrected chi connectivity index (χ2v) is 5.06. The fourth-order valence-electron chi connectivity index (χ4n) is 1.87. The van der Waals surface area contributed by atoms with Gasteiger partial charge in [0.15, 0.2) is 0 Å². The van der Waals surface area contributed by atoms with Crippen molar-refractivity contribution >= 4 is 17.3 Å². The Morgan fingerprint density at radius 3 is 2.27 bits per heavy atom. The summed E-state index contributed by atoms with van der Waals surface area (Å²) in [7, 11) is 0. The Labute approximate surface area is 127 Å². The van der Waals surface area contributed by atoms with E-state index in [1.165, 1.54) is 17.4 Å². The zero-order chi connectivity index (χ0) is 16.3. The number of rotatable bonds is 4. The van der Waals surface area contributed by atoms with Crippen molar-refractivity contribution in [3.8, 4) is 11.5 Å². The lowest BCUT2D eigenvalue weighted by atomic mass is 10.1. The first-order valence-corrected chi connectivity index (χ1v) is 6.74. The molecule has 0 radical (unpaired) electrons. The van der Waals surface area contributed by atoms with Gasteiger partial charge in [0.05, 0.1) is 18.2 Å². The summed E-state index contributed by atoms with van der Waals surface area (Å²) >= 11 is 0. The normalized spacial score (nSPS) is 11.9. The molecule has 1 aromatic carbocycles. The van der Waals surface area contributed by atoms with Crippen LogP contribution in [0.1, 0.15) is 13.3 Å². The molecule has 0 amide bonds. The highest BCUT2D eigenvalue weighted by molar-refractivity contribution is 5.67. The van der Waals surface area contributed by atoms with E-state index >= 15 is 0 Å². The number of benzene rings is 2. The van der Waals surface area contributed by atoms with Crippen LogP contribution in [0.15, 0.2) is 36.4 Å². The molecule has 0 heterocycles. The molecule has 0 saturated carbocycles. The number of anilines is 2. The number of aliphatic hydroxyl groups excluding tert-OH is 1. The van der Waals surface area contributed by atoms with Crippen LogP contribution in [0.4, 0.5) is 11.4 Å². The molecule has 0 aliphatic heterocycles. The van der Waals surface area contributed by atoms with Gasteiger partial charge in [-0.3, -0.25) is 4.79 Å². The molecule has 1 atom stereocenters. The van der Waals surface area contributed by atoms with Crippen LogP contribution in [0.2, 0.25) is 0 Å². The van der Waals surface area contributed by atoms with Gasteiger partial charge in [-0.1, -0.05) is 12.1 Å². The summed E-state index contributed by atoms with van der Waals surface area (Å²) in [6, 6.07) is 11.3. The molecule has 22 heavy (non-hydrogen) atoms. The number of hydrogen-bond acceptors (Lipinski definition) is 5. The monoisotopic (exact) mass is 302 g/mol. The van der Waals surface area contributed by atoms with E-state index in [0.717, 1.165) is 5.75 Å². The molecule has 6 heteroatoms. The van der Waals surface area contributed by atoms with Gasteiger partial charge in [-0.05, 0) is 36.4 Å². The van der Waals surface area contributed by atoms with E-state index in [4.69, 9.17) is 26.4 Å². The standard InChI is InChI=1S/C12H10N2O.C4H8O3/c13-8-2-4-11(10(14)6-8)15-12-5-7-1-3-9(7)12;1-3(5)2-4(6)7/h1-6H,13-14H2;3,5H,2H2,1H3,(H,6,7). The van der Waals surface area contributed by atoms with Crippen molar-refractivity contribution in [1.29, 1.82) is 0 Å². The molecule has 116 valence electrons. The third-order valence-electron chi connectivity index (χ3n) is 3.02. The smallest absolute Gasteiger partial charge is 0.305 e. The largest absolute Gasteiger partial charge is 0.481 e. The summed E-state index contributed by atoms with van der Waals surface area (Å²) in [5, 5.41) is 18.7. The number of ether oxygens (including phenoxy) is 1. The Bertz CT molecular complexity index is 787. The molecule has 2 aliphatic carbocycles. The molecule has 2 aliphatic rings. The summed E-state index contributed by atoms with van der Waals surface area (Å²) in [4.78, 5) is 9.65. The van der Waals surface area contributed by atoms with Gasteiger partial charge in [0, 0.05) is 10.9 Å². The fraction of sp³-hybridized carbons (Fsp3) is 0.188. The van der Waals surface area contributed by atoms with Crippen molar-refractivity contribution in [3.63, 3.8) is 0 Å². The minimum absolute atomic E-state index is 0.167. The van der Waals surface area contributed by atoms with E-state index in [9.17, 15) is 4.79 Å². The van der Waals surface area contributed by atoms with E-state index in [1.807, 2.05) is 12.1 Å². The number of hydrogen-bond donors (Lipinski definition) is 4. The zero-order valence-electron chi connectivity index (χ0n) is 12.1. The second kappa shape index (κ2) is 6.36. The summed E-state index contributed by atoms with van der Waals surface area (Å²) < 4.78 is 5.64. The first-order chi connectivity index (χ1) is 10.4. The molecule has 1 unspecified atom stereocenters. The number of aliphatic carboxylic acids is 1. The van der Waals surface area contributed by atoms with Crippen LogP contribution in [0, 0.1) is 10.4 Å². The molecule has 1 aromatic rings. The highest BCUT2D eigenvalue weighted by Crippen LogP contribution is 2.33. The summed E-state index contributed by atoms with van der Waals surface area (Å²) in [5.74, 6) is 0.571. The first-order valence-electron chi connectivity index (χ1n) is 6.74. The second-order valence-electron chi connectivity index (χ2n) is 5.06. The van der Waals surface area contributed by atoms with Crippen molar-refractivity contribution in [1.82, 2.24) is 0 Å². The maximum Gasteiger partial charge on any atom is 0.305 e. The van der Waals surface area contributed by atoms with Crippen LogP contribution in [0.5, 0.6) is 11.5 Å². The van der Waals surface area contributed by atoms with Crippen molar-refractivity contribution in [2.75, 3.05) is 11.5 Å². The topological polar surface area (TPSA) is 119 Å². The predicted octanol–water partition coefficient (Wildman–Crippen LogP) is 2.09. The Kier molecular flexibility index (Phi) is 4.53. The van der Waals surface area contributed by atoms with Gasteiger partial charge in [-0.25, -0.2) is 0 Å². The van der Waals surface area contributed by atoms with Crippen LogP contribution in [0.3, 0.4) is 0 Å². The number of nitrogen functional groups attached to an aromatic ring is 2. The number of carbonyl (C=O) groups is 1. The summed E-state index contributed by atoms with van der Waals surface area (Å²) in [5.41, 5.74) is 12.6. The van der Waals surface area contributed by atoms with Gasteiger partial charge in [0.1, 0.15) is 11.5 Å². The Morgan fingerprint density at radius 2 is 1.91 bits per heavy atom. The molecular formula is C16H18N2O4. The quantitative estimate of drug-likeness (QED) is 0.548. The zero-order valence-corrected chi connectivity index (χ0v) is 12.1. The third-order valence-corrected chi connectivity index (χ3v) is 3.02. The molecule has 0 spiro atoms. The van der Waals surface area contributed by atoms with Crippen LogP contribution in [0.25, 0.3) is 0 Å². The Hall–Kier alpha value is -2.73. The lowest BCUT2D eigenvalue weighted by Gasteiger charge is -2.14. The van der Waals surface area contributed by atoms with E-state index in [-0.39, 0.29) is 6.42 Å². The Balaban J connectivity index is 0.000000217. The van der Waals surface area contributed by atoms with E-state index < -0.39 is 12.1 Å². The Morgan fingerprint density at radius 1 is 1.18 bits per heavy atom. The first kappa shape index (κ1) is 15.7. The number of carboxylic acids is 1. The minimum Gasteiger partial charge on any atom is -0.481 e. The van der Waals surface area contributed by atoms with Crippen LogP contribution >= 0.6 is 0 Å². The van der Waals surface area contributed by atoms with Crippen LogP contribution in [-0.4, -0.2) is 22.3 Å². The number of carboxylic acid groups (broad SMARTS) is 1. The van der Waals surface area contributed by atoms with Gasteiger partial charge in [-0.15, -0.1) is 0 Å². The van der Waals surface area contributed by atoms with Crippen molar-refractivity contribution in [2.45, 2.75) is 19.4 Å². The van der Waals surface area contributed by atoms with Crippen molar-refractivity contribution in [2.24, 2.45) is 0 Å². The molecule has 3 rings (SSSR count). The summed E-state index contributed by atoms with van der Waals surface area (Å²) in [6.45, 7) is 1.44. The van der Waals surface area contributed by atoms with Crippen LogP contribution in [-0.2, 0) is 4.79 Å². The molecule has 0 bridgehead atoms. The fourth-order valence-corrected chi connectivity index (χ4v) is 1.87. The van der Waals surface area contributed by atoms with Gasteiger partial charge in [0.25, 0.3) is 0 Å². The summed E-state index contributed by atoms with van der Waals surface area (Å²) in [6.07, 6.45) is -0.891. The lowest BCUT2D eigenvalue weighted by Crippen LogP contribution is -2.07. The lowest BCUT2D eigenvalue weighted by molar-refractivity contribution is -0.138. The van der Waals surface area contributed by atoms with E-state index in [0.29, 0.717) is 17.1 Å². The number of aliphatic hydroxyl groups is 1. The highest BCUT2D eigenvalue weighted by atomic mass is 16.5. The highest BCUT2D eigenvalue weighted by Gasteiger charge is 2.09. The van der Waals surface area contributed by atoms with E-state index in [1.54, 1.807) is 18.2 Å². The number of nitrogens with two attached hydrogens (primary N) is 2. The molecule has 6 N–H and O–H groups in total. The average Bonchev–Trinajstić information content (AvgIpc) is 2.37. The third kappa shape index (κ3) is 3.67.